The van der Waals surface area contributed by atoms with Crippen LogP contribution in [0.2, 0.25) is 0 Å². The Kier molecular flexibility index (Phi) is 190. The summed E-state index contributed by atoms with van der Waals surface area (Å²) in [5.74, 6) is 0. The SMILES string of the molecule is [Na].[Na].[Na].[Na].[Na].[Na].[O]=[W](=[O])([O-])[O-].[O]=[W](=[O])([O-])[O-].[O]=[W](=[O])([O-])[O-].[O]=[W](=[O])=[O].[O]=[W](=[O])=[O].[O]=[W](=[O])=[O].[O]=[W](=[O])=[O].[O]=[W](=[O])=[O].[O]=[W](=[O])=[O].[O]=[W](=[O])=[O].[O]=[W](=[O])=[O].[O]=[W](=[O])=[O]. The molecular formula is Na6O39W12-6. The predicted octanol–water partition coefficient (Wildman–Crippen LogP) is -13.4. The molecule has 0 rings (SSSR count). The first-order chi connectivity index (χ1) is 21.6. The van der Waals surface area contributed by atoms with E-state index in [4.69, 9.17) is 135 Å². The molecule has 57 heavy (non-hydrogen) atoms. The molecule has 0 amide bonds. The Labute approximate surface area is 504 Å². The fourth-order valence-corrected chi connectivity index (χ4v) is 0. The molecule has 0 aliphatic carbocycles. The van der Waals surface area contributed by atoms with Crippen molar-refractivity contribution in [3.8, 4) is 0 Å². The van der Waals surface area contributed by atoms with Crippen LogP contribution in [0.3, 0.4) is 0 Å². The number of hydrogen-bond donors (Lipinski definition) is 0. The van der Waals surface area contributed by atoms with Gasteiger partial charge in [0.2, 0.25) is 0 Å². The van der Waals surface area contributed by atoms with Gasteiger partial charge in [0.05, 0.1) is 0 Å². The monoisotopic (exact) mass is 2970 g/mol. The van der Waals surface area contributed by atoms with E-state index in [0.717, 1.165) is 0 Å². The normalized spacial score (nSPS) is 6.84. The first kappa shape index (κ1) is 120. The fourth-order valence-electron chi connectivity index (χ4n) is 0. The standard InChI is InChI=1S/6Na.39O.12W/q;;;;;;;;;;;;;;;;;;;;;;;;;;;;;;;;;;;;;;;6*-1;;;;;;;;;;;;. The van der Waals surface area contributed by atoms with Gasteiger partial charge in [0, 0.05) is 177 Å². The summed E-state index contributed by atoms with van der Waals surface area (Å²) in [6.07, 6.45) is 0. The van der Waals surface area contributed by atoms with Crippen LogP contribution >= 0.6 is 0 Å². The fraction of sp³-hybridized carbons (Fsp3) is 0. The van der Waals surface area contributed by atoms with Crippen molar-refractivity contribution < 1.29 is 340 Å². The van der Waals surface area contributed by atoms with E-state index in [0.29, 0.717) is 0 Å². The molecule has 39 nitrogen and oxygen atoms in total. The minimum atomic E-state index is -6.17. The van der Waals surface area contributed by atoms with Crippen molar-refractivity contribution in [2.75, 3.05) is 0 Å². The Balaban J connectivity index is -0.0000000180. The maximum atomic E-state index is 8.65. The second-order valence-electron chi connectivity index (χ2n) is 3.06. The Morgan fingerprint density at radius 1 is 0.175 bits per heavy atom. The van der Waals surface area contributed by atoms with Crippen LogP contribution in [0.25, 0.3) is 0 Å². The molecule has 0 aromatic rings. The summed E-state index contributed by atoms with van der Waals surface area (Å²) in [7, 11) is 0. The van der Waals surface area contributed by atoms with E-state index in [-0.39, 0.29) is 177 Å². The zero-order chi connectivity index (χ0) is 45.7. The van der Waals surface area contributed by atoms with Gasteiger partial charge in [-0.15, -0.1) is 0 Å². The van der Waals surface area contributed by atoms with E-state index < -0.39 is 205 Å². The van der Waals surface area contributed by atoms with Crippen molar-refractivity contribution in [1.82, 2.24) is 0 Å². The average molecular weight is 2970 g/mol. The summed E-state index contributed by atoms with van der Waals surface area (Å²) in [4.78, 5) is 0. The quantitative estimate of drug-likeness (QED) is 0.203. The van der Waals surface area contributed by atoms with Gasteiger partial charge in [0.15, 0.2) is 0 Å². The van der Waals surface area contributed by atoms with Gasteiger partial charge >= 0.3 is 340 Å². The van der Waals surface area contributed by atoms with Crippen molar-refractivity contribution in [3.63, 3.8) is 0 Å². The Bertz CT molecular complexity index is 1730. The average Bonchev–Trinajstić information content (AvgIpc) is 2.58. The third-order valence-electron chi connectivity index (χ3n) is 0. The molecule has 0 saturated carbocycles. The number of rotatable bonds is 0. The van der Waals surface area contributed by atoms with Crippen molar-refractivity contribution in [2.24, 2.45) is 0 Å². The Morgan fingerprint density at radius 2 is 0.175 bits per heavy atom. The minimum absolute atomic E-state index is 0. The van der Waals surface area contributed by atoms with E-state index in [1.165, 1.54) is 0 Å². The van der Waals surface area contributed by atoms with Crippen LogP contribution in [0.4, 0.5) is 0 Å². The van der Waals surface area contributed by atoms with Crippen molar-refractivity contribution in [3.05, 3.63) is 0 Å². The van der Waals surface area contributed by atoms with Crippen LogP contribution in [0.1, 0.15) is 0 Å². The third-order valence-corrected chi connectivity index (χ3v) is 0. The molecule has 0 atom stereocenters. The predicted molar refractivity (Wildman–Crippen MR) is 57.2 cm³/mol. The first-order valence-electron chi connectivity index (χ1n) is 6.50. The van der Waals surface area contributed by atoms with E-state index in [9.17, 15) is 0 Å². The van der Waals surface area contributed by atoms with E-state index in [1.807, 2.05) is 0 Å². The molecule has 0 aromatic carbocycles. The van der Waals surface area contributed by atoms with Crippen LogP contribution in [-0.2, 0) is 317 Å². The molecule has 0 bridgehead atoms. The summed E-state index contributed by atoms with van der Waals surface area (Å²) in [5, 5.41) is 0. The molecule has 0 fully saturated rings. The van der Waals surface area contributed by atoms with Gasteiger partial charge in [-0.05, 0) is 0 Å². The zero-order valence-electron chi connectivity index (χ0n) is 26.8. The molecule has 57 heteroatoms. The summed E-state index contributed by atoms with van der Waals surface area (Å²) in [6, 6.07) is 0. The third kappa shape index (κ3) is 4350. The van der Waals surface area contributed by atoms with Gasteiger partial charge in [0.1, 0.15) is 0 Å². The topological polar surface area (TPSA) is 702 Å². The van der Waals surface area contributed by atoms with Crippen LogP contribution in [-0.4, -0.2) is 177 Å². The van der Waals surface area contributed by atoms with Gasteiger partial charge < -0.3 is 0 Å². The van der Waals surface area contributed by atoms with Gasteiger partial charge in [-0.25, -0.2) is 0 Å². The summed E-state index contributed by atoms with van der Waals surface area (Å²) >= 11 is -57.0. The summed E-state index contributed by atoms with van der Waals surface area (Å²) in [6.45, 7) is 0. The molecule has 0 unspecified atom stereocenters. The van der Waals surface area contributed by atoms with Crippen molar-refractivity contribution in [2.45, 2.75) is 0 Å². The van der Waals surface area contributed by atoms with E-state index in [2.05, 4.69) is 0 Å². The van der Waals surface area contributed by atoms with Crippen molar-refractivity contribution >= 4 is 177 Å². The molecular weight excluding hydrogens is 2970 g/mol. The van der Waals surface area contributed by atoms with Crippen molar-refractivity contribution in [1.29, 1.82) is 0 Å². The second kappa shape index (κ2) is 89.9. The summed E-state index contributed by atoms with van der Waals surface area (Å²) in [5.41, 5.74) is 0. The summed E-state index contributed by atoms with van der Waals surface area (Å²) < 4.78 is 336. The molecule has 0 spiro atoms. The van der Waals surface area contributed by atoms with Gasteiger partial charge in [0.25, 0.3) is 0 Å². The van der Waals surface area contributed by atoms with Gasteiger partial charge in [-0.2, -0.15) is 0 Å². The first-order valence-corrected chi connectivity index (χ1v) is 53.2. The zero-order valence-corrected chi connectivity index (χ0v) is 74.0. The van der Waals surface area contributed by atoms with Crippen LogP contribution < -0.4 is 22.6 Å². The van der Waals surface area contributed by atoms with E-state index in [1.54, 1.807) is 0 Å². The van der Waals surface area contributed by atoms with Gasteiger partial charge in [-0.3, -0.25) is 0 Å². The van der Waals surface area contributed by atoms with Crippen LogP contribution in [0.15, 0.2) is 0 Å². The van der Waals surface area contributed by atoms with Crippen LogP contribution in [0, 0.1) is 0 Å². The number of hydrogen-bond acceptors (Lipinski definition) is 39. The van der Waals surface area contributed by atoms with Gasteiger partial charge in [-0.1, -0.05) is 0 Å². The Morgan fingerprint density at radius 3 is 0.175 bits per heavy atom. The molecule has 6 radical (unpaired) electrons. The molecule has 0 saturated heterocycles. The molecule has 318 valence electrons. The molecule has 0 aliphatic rings. The molecule has 0 aromatic heterocycles. The molecule has 0 heterocycles. The second-order valence-corrected chi connectivity index (χ2v) is 25.1. The molecule has 0 N–H and O–H groups in total. The van der Waals surface area contributed by atoms with E-state index >= 15 is 0 Å². The van der Waals surface area contributed by atoms with Crippen LogP contribution in [0.5, 0.6) is 0 Å². The Hall–Kier alpha value is 7.42. The maximum absolute atomic E-state index is 8.65. The molecule has 0 aliphatic heterocycles.